The lowest BCUT2D eigenvalue weighted by Gasteiger charge is -2.31. The van der Waals surface area contributed by atoms with Gasteiger partial charge in [0.25, 0.3) is 0 Å². The molecule has 2 atom stereocenters. The fraction of sp³-hybridized carbons (Fsp3) is 0.448. The third-order valence-electron chi connectivity index (χ3n) is 8.92. The zero-order valence-corrected chi connectivity index (χ0v) is 23.5. The number of hydrogen-bond acceptors (Lipinski definition) is 9. The molecule has 0 saturated carbocycles. The molecule has 4 aromatic rings. The number of aromatic amines is 1. The third-order valence-corrected chi connectivity index (χ3v) is 9.28. The number of hydrogen-bond donors (Lipinski definition) is 1. The molecular formula is C29H28ClF2N7O3. The van der Waals surface area contributed by atoms with Gasteiger partial charge < -0.3 is 19.1 Å². The molecule has 0 aliphatic carbocycles. The molecule has 1 aromatic carbocycles. The maximum absolute atomic E-state index is 16.7. The summed E-state index contributed by atoms with van der Waals surface area (Å²) in [5.41, 5.74) is 1.21. The van der Waals surface area contributed by atoms with Crippen molar-refractivity contribution in [3.8, 4) is 23.1 Å². The number of anilines is 1. The maximum Gasteiger partial charge on any atom is 0.319 e. The summed E-state index contributed by atoms with van der Waals surface area (Å²) in [4.78, 5) is 18.5. The minimum atomic E-state index is -0.778. The molecule has 3 aromatic heterocycles. The molecule has 218 valence electrons. The van der Waals surface area contributed by atoms with Crippen LogP contribution >= 0.6 is 11.6 Å². The van der Waals surface area contributed by atoms with Gasteiger partial charge >= 0.3 is 6.01 Å². The lowest BCUT2D eigenvalue weighted by molar-refractivity contribution is 0.108. The molecule has 42 heavy (non-hydrogen) atoms. The molecule has 13 heteroatoms. The molecule has 0 bridgehead atoms. The smallest absolute Gasteiger partial charge is 0.319 e. The van der Waals surface area contributed by atoms with Crippen LogP contribution in [0.4, 0.5) is 14.6 Å². The predicted molar refractivity (Wildman–Crippen MR) is 152 cm³/mol. The average molecular weight is 596 g/mol. The van der Waals surface area contributed by atoms with Crippen LogP contribution in [-0.4, -0.2) is 87.7 Å². The number of ether oxygens (including phenoxy) is 3. The van der Waals surface area contributed by atoms with Gasteiger partial charge in [-0.2, -0.15) is 15.1 Å². The van der Waals surface area contributed by atoms with Gasteiger partial charge in [0.1, 0.15) is 41.4 Å². The maximum atomic E-state index is 16.7. The lowest BCUT2D eigenvalue weighted by Crippen LogP contribution is -2.43. The molecular weight excluding hydrogens is 568 g/mol. The van der Waals surface area contributed by atoms with E-state index in [9.17, 15) is 4.39 Å². The lowest BCUT2D eigenvalue weighted by atomic mass is 9.94. The number of rotatable bonds is 4. The van der Waals surface area contributed by atoms with Crippen LogP contribution in [0.1, 0.15) is 25.7 Å². The number of halogens is 3. The first-order chi connectivity index (χ1) is 20.4. The largest absolute Gasteiger partial charge is 0.475 e. The molecule has 0 radical (unpaired) electrons. The molecule has 10 nitrogen and oxygen atoms in total. The van der Waals surface area contributed by atoms with Crippen LogP contribution in [0.5, 0.6) is 11.9 Å². The van der Waals surface area contributed by atoms with Crippen molar-refractivity contribution in [2.24, 2.45) is 0 Å². The van der Waals surface area contributed by atoms with Gasteiger partial charge in [0.15, 0.2) is 5.82 Å². The first-order valence-electron chi connectivity index (χ1n) is 14.2. The molecule has 3 fully saturated rings. The van der Waals surface area contributed by atoms with Crippen LogP contribution in [0.25, 0.3) is 33.1 Å². The van der Waals surface area contributed by atoms with E-state index in [1.807, 2.05) is 0 Å². The second-order valence-corrected chi connectivity index (χ2v) is 11.9. The van der Waals surface area contributed by atoms with Crippen molar-refractivity contribution in [1.82, 2.24) is 30.0 Å². The number of H-pyrrole nitrogens is 1. The third kappa shape index (κ3) is 3.95. The van der Waals surface area contributed by atoms with Crippen LogP contribution in [-0.2, 0) is 4.74 Å². The molecule has 3 saturated heterocycles. The minimum absolute atomic E-state index is 0.0330. The molecule has 4 aliphatic heterocycles. The monoisotopic (exact) mass is 595 g/mol. The quantitative estimate of drug-likeness (QED) is 0.338. The van der Waals surface area contributed by atoms with Gasteiger partial charge in [-0.15, -0.1) is 0 Å². The van der Waals surface area contributed by atoms with Gasteiger partial charge in [-0.1, -0.05) is 23.8 Å². The zero-order chi connectivity index (χ0) is 28.6. The van der Waals surface area contributed by atoms with Gasteiger partial charge in [0, 0.05) is 36.7 Å². The molecule has 0 unspecified atom stereocenters. The van der Waals surface area contributed by atoms with E-state index in [4.69, 9.17) is 30.8 Å². The Labute approximate surface area is 244 Å². The molecule has 7 heterocycles. The second-order valence-electron chi connectivity index (χ2n) is 11.6. The Morgan fingerprint density at radius 3 is 3.00 bits per heavy atom. The molecule has 8 rings (SSSR count). The molecule has 4 aliphatic rings. The van der Waals surface area contributed by atoms with E-state index in [1.165, 1.54) is 17.8 Å². The zero-order valence-electron chi connectivity index (χ0n) is 22.8. The Morgan fingerprint density at radius 1 is 1.19 bits per heavy atom. The van der Waals surface area contributed by atoms with Crippen LogP contribution < -0.4 is 14.4 Å². The van der Waals surface area contributed by atoms with Crippen molar-refractivity contribution in [3.63, 3.8) is 0 Å². The predicted octanol–water partition coefficient (Wildman–Crippen LogP) is 4.66. The summed E-state index contributed by atoms with van der Waals surface area (Å²) in [6.45, 7) is 8.28. The fourth-order valence-corrected chi connectivity index (χ4v) is 7.22. The van der Waals surface area contributed by atoms with Crippen molar-refractivity contribution in [2.45, 2.75) is 37.3 Å². The first-order valence-corrected chi connectivity index (χ1v) is 14.5. The average Bonchev–Trinajstić information content (AvgIpc) is 3.58. The van der Waals surface area contributed by atoms with Crippen LogP contribution in [0.15, 0.2) is 24.4 Å². The van der Waals surface area contributed by atoms with E-state index in [-0.39, 0.29) is 51.9 Å². The fourth-order valence-electron chi connectivity index (χ4n) is 6.98. The highest BCUT2D eigenvalue weighted by molar-refractivity contribution is 6.35. The minimum Gasteiger partial charge on any atom is -0.475 e. The highest BCUT2D eigenvalue weighted by Crippen LogP contribution is 2.45. The van der Waals surface area contributed by atoms with Crippen molar-refractivity contribution in [1.29, 1.82) is 0 Å². The molecule has 0 amide bonds. The highest BCUT2D eigenvalue weighted by Gasteiger charge is 2.46. The van der Waals surface area contributed by atoms with Gasteiger partial charge in [-0.05, 0) is 32.2 Å². The summed E-state index contributed by atoms with van der Waals surface area (Å²) < 4.78 is 49.9. The van der Waals surface area contributed by atoms with E-state index in [1.54, 1.807) is 0 Å². The van der Waals surface area contributed by atoms with Crippen molar-refractivity contribution < 1.29 is 23.0 Å². The number of fused-ring (bicyclic) bond motifs is 4. The van der Waals surface area contributed by atoms with E-state index in [0.717, 1.165) is 38.8 Å². The first kappa shape index (κ1) is 26.1. The Balaban J connectivity index is 1.32. The van der Waals surface area contributed by atoms with Crippen molar-refractivity contribution in [3.05, 3.63) is 41.1 Å². The van der Waals surface area contributed by atoms with Gasteiger partial charge in [-0.25, -0.2) is 13.8 Å². The topological polar surface area (TPSA) is 102 Å². The normalized spacial score (nSPS) is 24.0. The summed E-state index contributed by atoms with van der Waals surface area (Å²) in [5, 5.41) is 7.20. The summed E-state index contributed by atoms with van der Waals surface area (Å²) in [5.74, 6) is -0.889. The van der Waals surface area contributed by atoms with Crippen molar-refractivity contribution >= 4 is 39.2 Å². The summed E-state index contributed by atoms with van der Waals surface area (Å²) >= 11 is 6.44. The highest BCUT2D eigenvalue weighted by atomic mass is 35.5. The van der Waals surface area contributed by atoms with E-state index in [0.29, 0.717) is 48.5 Å². The van der Waals surface area contributed by atoms with E-state index in [2.05, 4.69) is 36.5 Å². The van der Waals surface area contributed by atoms with Gasteiger partial charge in [0.05, 0.1) is 34.9 Å². The number of nitrogens with one attached hydrogen (secondary N) is 1. The molecule has 1 N–H and O–H groups in total. The summed E-state index contributed by atoms with van der Waals surface area (Å²) in [6, 6.07) is 1.09. The number of nitrogens with zero attached hydrogens (tertiary/aromatic N) is 6. The van der Waals surface area contributed by atoms with Crippen LogP contribution in [0.3, 0.4) is 0 Å². The van der Waals surface area contributed by atoms with Crippen molar-refractivity contribution in [2.75, 3.05) is 51.0 Å². The van der Waals surface area contributed by atoms with E-state index < -0.39 is 11.6 Å². The SMILES string of the molecule is C=C1CN2CCC[C@@]2(COc2nc3c4c(nc(-c5c(Cl)c(F)cc6[nH]ncc56)c(F)c4n2)OC[C@@H]2COCCCN32)C1. The Morgan fingerprint density at radius 2 is 2.10 bits per heavy atom. The van der Waals surface area contributed by atoms with Gasteiger partial charge in [0.2, 0.25) is 5.88 Å². The Hall–Kier alpha value is -3.61. The summed E-state index contributed by atoms with van der Waals surface area (Å²) in [7, 11) is 0. The van der Waals surface area contributed by atoms with Crippen LogP contribution in [0, 0.1) is 11.6 Å². The second kappa shape index (κ2) is 9.72. The number of pyridine rings is 1. The molecule has 0 spiro atoms. The number of aromatic nitrogens is 5. The van der Waals surface area contributed by atoms with Gasteiger partial charge in [-0.3, -0.25) is 10.00 Å². The van der Waals surface area contributed by atoms with E-state index >= 15 is 4.39 Å². The Bertz CT molecular complexity index is 1770. The Kier molecular flexibility index (Phi) is 6.03. The standard InChI is InChI=1S/C29H28ClF2N7O3/c1-15-9-29(4-2-5-38(29)11-15)14-42-28-35-25-21-26(36-28)39-6-3-7-40-12-16(39)13-41-27(21)34-24(23(25)32)20-17-10-33-37-19(17)8-18(31)22(20)30/h8,10,16H,1-7,9,11-14H2,(H,33,37)/t16-,29-/m0/s1. The summed E-state index contributed by atoms with van der Waals surface area (Å²) in [6.07, 6.45) is 5.13. The number of benzene rings is 1. The van der Waals surface area contributed by atoms with Crippen LogP contribution in [0.2, 0.25) is 5.02 Å².